The second kappa shape index (κ2) is 6.58. The van der Waals surface area contributed by atoms with E-state index in [4.69, 9.17) is 5.73 Å². The fourth-order valence-corrected chi connectivity index (χ4v) is 3.78. The van der Waals surface area contributed by atoms with Crippen LogP contribution in [-0.4, -0.2) is 16.9 Å². The standard InChI is InChI=1S/C17H21N3OS/c1-11-10-22-17(19-11)13-5-2-6-14(8-13)20-16(21)9-12-4-3-7-15(12)18/h2,5-6,8,10,12,15H,3-4,7,9,18H2,1H3,(H,20,21)/t12-,15+/m0/s1. The van der Waals surface area contributed by atoms with Crippen LogP contribution in [0.3, 0.4) is 0 Å². The summed E-state index contributed by atoms with van der Waals surface area (Å²) in [5.41, 5.74) is 8.91. The van der Waals surface area contributed by atoms with Gasteiger partial charge < -0.3 is 11.1 Å². The van der Waals surface area contributed by atoms with Gasteiger partial charge in [0.15, 0.2) is 0 Å². The van der Waals surface area contributed by atoms with Crippen molar-refractivity contribution in [2.45, 2.75) is 38.6 Å². The Kier molecular flexibility index (Phi) is 4.55. The smallest absolute Gasteiger partial charge is 0.224 e. The molecule has 1 heterocycles. The normalized spacial score (nSPS) is 21.0. The molecular weight excluding hydrogens is 294 g/mol. The zero-order valence-corrected chi connectivity index (χ0v) is 13.5. The lowest BCUT2D eigenvalue weighted by atomic mass is 10.00. The predicted molar refractivity (Wildman–Crippen MR) is 90.9 cm³/mol. The molecule has 1 amide bonds. The minimum absolute atomic E-state index is 0.0508. The maximum absolute atomic E-state index is 12.2. The minimum atomic E-state index is 0.0508. The van der Waals surface area contributed by atoms with E-state index in [-0.39, 0.29) is 11.9 Å². The van der Waals surface area contributed by atoms with Crippen LogP contribution in [0.4, 0.5) is 5.69 Å². The molecule has 1 saturated carbocycles. The molecule has 0 unspecified atom stereocenters. The first-order chi connectivity index (χ1) is 10.6. The van der Waals surface area contributed by atoms with Gasteiger partial charge in [-0.15, -0.1) is 11.3 Å². The van der Waals surface area contributed by atoms with Crippen molar-refractivity contribution in [3.63, 3.8) is 0 Å². The summed E-state index contributed by atoms with van der Waals surface area (Å²) in [5, 5.41) is 6.00. The van der Waals surface area contributed by atoms with E-state index in [1.165, 1.54) is 0 Å². The average Bonchev–Trinajstić information content (AvgIpc) is 3.09. The average molecular weight is 315 g/mol. The Bertz CT molecular complexity index is 667. The Hall–Kier alpha value is -1.72. The van der Waals surface area contributed by atoms with Gasteiger partial charge >= 0.3 is 0 Å². The van der Waals surface area contributed by atoms with Gasteiger partial charge in [-0.05, 0) is 37.8 Å². The van der Waals surface area contributed by atoms with Crippen molar-refractivity contribution in [2.24, 2.45) is 11.7 Å². The Morgan fingerprint density at radius 3 is 3.00 bits per heavy atom. The number of amides is 1. The number of rotatable bonds is 4. The number of aromatic nitrogens is 1. The lowest BCUT2D eigenvalue weighted by molar-refractivity contribution is -0.117. The molecule has 3 N–H and O–H groups in total. The van der Waals surface area contributed by atoms with Crippen molar-refractivity contribution in [2.75, 3.05) is 5.32 Å². The number of aryl methyl sites for hydroxylation is 1. The molecule has 3 rings (SSSR count). The van der Waals surface area contributed by atoms with Crippen LogP contribution in [0.15, 0.2) is 29.6 Å². The van der Waals surface area contributed by atoms with Gasteiger partial charge in [0, 0.05) is 34.8 Å². The lowest BCUT2D eigenvalue weighted by Crippen LogP contribution is -2.28. The van der Waals surface area contributed by atoms with Crippen LogP contribution < -0.4 is 11.1 Å². The first-order valence-electron chi connectivity index (χ1n) is 7.70. The van der Waals surface area contributed by atoms with Crippen molar-refractivity contribution in [1.29, 1.82) is 0 Å². The third kappa shape index (κ3) is 3.54. The molecule has 1 aromatic carbocycles. The van der Waals surface area contributed by atoms with E-state index in [9.17, 15) is 4.79 Å². The van der Waals surface area contributed by atoms with Crippen molar-refractivity contribution in [1.82, 2.24) is 4.98 Å². The van der Waals surface area contributed by atoms with E-state index in [1.807, 2.05) is 36.6 Å². The number of carbonyl (C=O) groups is 1. The third-order valence-electron chi connectivity index (χ3n) is 4.18. The van der Waals surface area contributed by atoms with Crippen molar-refractivity contribution >= 4 is 22.9 Å². The number of nitrogens with two attached hydrogens (primary N) is 1. The molecule has 2 aromatic rings. The largest absolute Gasteiger partial charge is 0.327 e. The van der Waals surface area contributed by atoms with Crippen LogP contribution in [0.5, 0.6) is 0 Å². The van der Waals surface area contributed by atoms with E-state index in [1.54, 1.807) is 11.3 Å². The van der Waals surface area contributed by atoms with Crippen LogP contribution in [0, 0.1) is 12.8 Å². The molecule has 0 aliphatic heterocycles. The maximum atomic E-state index is 12.2. The molecule has 1 aliphatic rings. The summed E-state index contributed by atoms with van der Waals surface area (Å²) in [6.45, 7) is 1.98. The van der Waals surface area contributed by atoms with E-state index < -0.39 is 0 Å². The number of carbonyl (C=O) groups excluding carboxylic acids is 1. The molecule has 22 heavy (non-hydrogen) atoms. The summed E-state index contributed by atoms with van der Waals surface area (Å²) in [7, 11) is 0. The number of benzene rings is 1. The van der Waals surface area contributed by atoms with Crippen LogP contribution in [0.25, 0.3) is 10.6 Å². The first-order valence-corrected chi connectivity index (χ1v) is 8.58. The number of anilines is 1. The number of hydrogen-bond donors (Lipinski definition) is 2. The fourth-order valence-electron chi connectivity index (χ4n) is 2.99. The van der Waals surface area contributed by atoms with Gasteiger partial charge in [0.25, 0.3) is 0 Å². The number of nitrogens with zero attached hydrogens (tertiary/aromatic N) is 1. The van der Waals surface area contributed by atoms with Gasteiger partial charge in [-0.3, -0.25) is 4.79 Å². The summed E-state index contributed by atoms with van der Waals surface area (Å²) in [4.78, 5) is 16.7. The molecule has 0 spiro atoms. The van der Waals surface area contributed by atoms with Crippen molar-refractivity contribution in [3.05, 3.63) is 35.3 Å². The molecule has 1 aliphatic carbocycles. The summed E-state index contributed by atoms with van der Waals surface area (Å²) >= 11 is 1.62. The summed E-state index contributed by atoms with van der Waals surface area (Å²) < 4.78 is 0. The Labute approximate surface area is 134 Å². The quantitative estimate of drug-likeness (QED) is 0.906. The molecule has 2 atom stereocenters. The van der Waals surface area contributed by atoms with Gasteiger partial charge in [-0.1, -0.05) is 18.6 Å². The van der Waals surface area contributed by atoms with Gasteiger partial charge in [0.1, 0.15) is 5.01 Å². The second-order valence-electron chi connectivity index (χ2n) is 5.98. The first kappa shape index (κ1) is 15.2. The zero-order valence-electron chi connectivity index (χ0n) is 12.7. The van der Waals surface area contributed by atoms with Gasteiger partial charge in [-0.2, -0.15) is 0 Å². The van der Waals surface area contributed by atoms with E-state index in [2.05, 4.69) is 10.3 Å². The molecule has 0 radical (unpaired) electrons. The zero-order chi connectivity index (χ0) is 15.5. The molecule has 4 nitrogen and oxygen atoms in total. The van der Waals surface area contributed by atoms with Crippen LogP contribution in [-0.2, 0) is 4.79 Å². The second-order valence-corrected chi connectivity index (χ2v) is 6.84. The number of hydrogen-bond acceptors (Lipinski definition) is 4. The van der Waals surface area contributed by atoms with E-state index in [0.717, 1.165) is 41.2 Å². The fraction of sp³-hybridized carbons (Fsp3) is 0.412. The molecule has 116 valence electrons. The van der Waals surface area contributed by atoms with Gasteiger partial charge in [-0.25, -0.2) is 4.98 Å². The monoisotopic (exact) mass is 315 g/mol. The summed E-state index contributed by atoms with van der Waals surface area (Å²) in [5.74, 6) is 0.375. The van der Waals surface area contributed by atoms with Crippen molar-refractivity contribution < 1.29 is 4.79 Å². The highest BCUT2D eigenvalue weighted by molar-refractivity contribution is 7.13. The molecule has 0 saturated heterocycles. The number of nitrogens with one attached hydrogen (secondary N) is 1. The van der Waals surface area contributed by atoms with Gasteiger partial charge in [0.05, 0.1) is 0 Å². The Balaban J connectivity index is 1.66. The summed E-state index contributed by atoms with van der Waals surface area (Å²) in [6, 6.07) is 8.03. The highest BCUT2D eigenvalue weighted by Gasteiger charge is 2.26. The minimum Gasteiger partial charge on any atom is -0.327 e. The topological polar surface area (TPSA) is 68.0 Å². The maximum Gasteiger partial charge on any atom is 0.224 e. The van der Waals surface area contributed by atoms with E-state index >= 15 is 0 Å². The van der Waals surface area contributed by atoms with Crippen LogP contribution >= 0.6 is 11.3 Å². The summed E-state index contributed by atoms with van der Waals surface area (Å²) in [6.07, 6.45) is 3.75. The molecular formula is C17H21N3OS. The Morgan fingerprint density at radius 1 is 1.45 bits per heavy atom. The molecule has 5 heteroatoms. The SMILES string of the molecule is Cc1csc(-c2cccc(NC(=O)C[C@@H]3CCC[C@H]3N)c2)n1. The van der Waals surface area contributed by atoms with E-state index in [0.29, 0.717) is 12.3 Å². The third-order valence-corrected chi connectivity index (χ3v) is 5.19. The van der Waals surface area contributed by atoms with Crippen LogP contribution in [0.2, 0.25) is 0 Å². The Morgan fingerprint density at radius 2 is 2.32 bits per heavy atom. The predicted octanol–water partition coefficient (Wildman–Crippen LogP) is 3.57. The van der Waals surface area contributed by atoms with Gasteiger partial charge in [0.2, 0.25) is 5.91 Å². The van der Waals surface area contributed by atoms with Crippen molar-refractivity contribution in [3.8, 4) is 10.6 Å². The molecule has 1 fully saturated rings. The molecule has 0 bridgehead atoms. The number of thiazole rings is 1. The highest BCUT2D eigenvalue weighted by Crippen LogP contribution is 2.28. The van der Waals surface area contributed by atoms with Crippen LogP contribution in [0.1, 0.15) is 31.4 Å². The lowest BCUT2D eigenvalue weighted by Gasteiger charge is -2.15. The molecule has 1 aromatic heterocycles. The highest BCUT2D eigenvalue weighted by atomic mass is 32.1.